The number of pyridine rings is 1. The maximum atomic E-state index is 15.0. The Bertz CT molecular complexity index is 1340. The molecule has 2 aromatic heterocycles. The van der Waals surface area contributed by atoms with Crippen molar-refractivity contribution in [3.8, 4) is 11.1 Å². The molecule has 8 nitrogen and oxygen atoms in total. The quantitative estimate of drug-likeness (QED) is 0.184. The number of primary amides is 1. The summed E-state index contributed by atoms with van der Waals surface area (Å²) in [5.74, 6) is 4.64. The average molecular weight is 491 g/mol. The molecule has 2 heterocycles. The molecule has 0 fully saturated rings. The summed E-state index contributed by atoms with van der Waals surface area (Å²) < 4.78 is 19.2. The number of benzene rings is 2. The topological polar surface area (TPSA) is 127 Å². The summed E-state index contributed by atoms with van der Waals surface area (Å²) in [6, 6.07) is 14.7. The summed E-state index contributed by atoms with van der Waals surface area (Å²) in [5.41, 5.74) is 9.20. The zero-order valence-corrected chi connectivity index (χ0v) is 19.6. The average Bonchev–Trinajstić information content (AvgIpc) is 3.28. The van der Waals surface area contributed by atoms with Crippen molar-refractivity contribution >= 4 is 40.1 Å². The van der Waals surface area contributed by atoms with Crippen molar-refractivity contribution < 1.29 is 14.0 Å². The van der Waals surface area contributed by atoms with Crippen molar-refractivity contribution in [2.45, 2.75) is 19.4 Å². The van der Waals surface area contributed by atoms with Crippen molar-refractivity contribution in [1.82, 2.24) is 9.36 Å². The highest BCUT2D eigenvalue weighted by Crippen LogP contribution is 2.31. The lowest BCUT2D eigenvalue weighted by molar-refractivity contribution is -0.109. The van der Waals surface area contributed by atoms with E-state index in [1.807, 2.05) is 43.3 Å². The first-order chi connectivity index (χ1) is 16.9. The van der Waals surface area contributed by atoms with Gasteiger partial charge in [0.05, 0.1) is 22.6 Å². The fraction of sp³-hybridized carbons (Fsp3) is 0.120. The largest absolute Gasteiger partial charge is 0.366 e. The van der Waals surface area contributed by atoms with Crippen LogP contribution in [0.2, 0.25) is 0 Å². The lowest BCUT2D eigenvalue weighted by atomic mass is 10.0. The van der Waals surface area contributed by atoms with Crippen LogP contribution >= 0.6 is 11.5 Å². The second kappa shape index (κ2) is 10.4. The van der Waals surface area contributed by atoms with Gasteiger partial charge in [-0.05, 0) is 59.4 Å². The van der Waals surface area contributed by atoms with Crippen LogP contribution in [-0.4, -0.2) is 27.6 Å². The van der Waals surface area contributed by atoms with Crippen LogP contribution in [0.3, 0.4) is 0 Å². The van der Waals surface area contributed by atoms with E-state index in [-0.39, 0.29) is 23.4 Å². The van der Waals surface area contributed by atoms with Crippen LogP contribution < -0.4 is 21.9 Å². The first-order valence-electron chi connectivity index (χ1n) is 10.7. The zero-order valence-electron chi connectivity index (χ0n) is 18.8. The lowest BCUT2D eigenvalue weighted by Crippen LogP contribution is -2.44. The summed E-state index contributed by atoms with van der Waals surface area (Å²) in [6.45, 7) is 1.83. The molecule has 0 unspecified atom stereocenters. The number of hydrazine groups is 1. The maximum absolute atomic E-state index is 15.0. The first-order valence-corrected chi connectivity index (χ1v) is 11.5. The van der Waals surface area contributed by atoms with Crippen LogP contribution in [0, 0.1) is 12.7 Å². The maximum Gasteiger partial charge on any atom is 0.250 e. The molecule has 4 aromatic rings. The highest BCUT2D eigenvalue weighted by Gasteiger charge is 2.23. The van der Waals surface area contributed by atoms with Crippen LogP contribution in [0.5, 0.6) is 0 Å². The van der Waals surface area contributed by atoms with E-state index in [0.717, 1.165) is 33.5 Å². The Morgan fingerprint density at radius 1 is 1.20 bits per heavy atom. The van der Waals surface area contributed by atoms with Gasteiger partial charge in [-0.1, -0.05) is 30.3 Å². The minimum absolute atomic E-state index is 0.0423. The molecule has 2 aromatic carbocycles. The molecule has 0 aliphatic carbocycles. The number of nitrogens with one attached hydrogen (secondary N) is 1. The lowest BCUT2D eigenvalue weighted by Gasteiger charge is -2.26. The van der Waals surface area contributed by atoms with Crippen molar-refractivity contribution in [3.63, 3.8) is 0 Å². The fourth-order valence-corrected chi connectivity index (χ4v) is 4.30. The minimum Gasteiger partial charge on any atom is -0.366 e. The fourth-order valence-electron chi connectivity index (χ4n) is 3.62. The van der Waals surface area contributed by atoms with Crippen molar-refractivity contribution in [3.05, 3.63) is 89.6 Å². The Hall–Kier alpha value is -4.15. The SMILES string of the molecule is Cc1cc(Nc2cc(N(N)[C@@H](C=O)Cc3ccc(-c4cccnc4)cc3)c(F)cc2C(N)=O)sn1. The minimum atomic E-state index is -0.855. The molecule has 35 heavy (non-hydrogen) atoms. The Labute approximate surface area is 205 Å². The normalized spacial score (nSPS) is 11.6. The van der Waals surface area contributed by atoms with Gasteiger partial charge < -0.3 is 15.8 Å². The first kappa shape index (κ1) is 24.0. The van der Waals surface area contributed by atoms with E-state index in [0.29, 0.717) is 11.3 Å². The van der Waals surface area contributed by atoms with E-state index < -0.39 is 17.8 Å². The van der Waals surface area contributed by atoms with Gasteiger partial charge in [0.1, 0.15) is 23.1 Å². The Balaban J connectivity index is 1.58. The molecule has 0 radical (unpaired) electrons. The Kier molecular flexibility index (Phi) is 7.14. The number of nitrogens with two attached hydrogens (primary N) is 2. The second-order valence-electron chi connectivity index (χ2n) is 7.92. The molecule has 0 aliphatic heterocycles. The molecule has 1 amide bonds. The summed E-state index contributed by atoms with van der Waals surface area (Å²) >= 11 is 1.18. The standard InChI is InChI=1S/C25H23FN6O2S/c1-15-9-24(35-31-15)30-22-12-23(21(26)11-20(22)25(27)34)32(28)19(14-33)10-16-4-6-17(7-5-16)18-3-2-8-29-13-18/h2-9,11-14,19,30H,10,28H2,1H3,(H2,27,34)/t19-/m1/s1. The highest BCUT2D eigenvalue weighted by atomic mass is 32.1. The number of halogens is 1. The number of carbonyl (C=O) groups excluding carboxylic acids is 2. The number of anilines is 3. The number of carbonyl (C=O) groups is 2. The summed E-state index contributed by atoms with van der Waals surface area (Å²) in [4.78, 5) is 28.0. The molecular weight excluding hydrogens is 467 g/mol. The van der Waals surface area contributed by atoms with Gasteiger partial charge in [0, 0.05) is 18.8 Å². The van der Waals surface area contributed by atoms with Gasteiger partial charge in [-0.3, -0.25) is 14.8 Å². The van der Waals surface area contributed by atoms with E-state index in [4.69, 9.17) is 11.6 Å². The van der Waals surface area contributed by atoms with Crippen LogP contribution in [0.25, 0.3) is 11.1 Å². The van der Waals surface area contributed by atoms with Crippen LogP contribution in [0.1, 0.15) is 21.6 Å². The molecule has 0 aliphatic rings. The number of rotatable bonds is 9. The van der Waals surface area contributed by atoms with E-state index >= 15 is 0 Å². The predicted octanol–water partition coefficient (Wildman–Crippen LogP) is 3.99. The third-order valence-corrected chi connectivity index (χ3v) is 6.22. The predicted molar refractivity (Wildman–Crippen MR) is 135 cm³/mol. The Morgan fingerprint density at radius 2 is 1.97 bits per heavy atom. The molecule has 0 bridgehead atoms. The van der Waals surface area contributed by atoms with Crippen LogP contribution in [0.15, 0.2) is 67.0 Å². The molecule has 0 spiro atoms. The second-order valence-corrected chi connectivity index (χ2v) is 8.73. The van der Waals surface area contributed by atoms with Gasteiger partial charge in [-0.25, -0.2) is 10.2 Å². The number of aldehydes is 1. The number of hydrogen-bond acceptors (Lipinski definition) is 8. The van der Waals surface area contributed by atoms with Crippen molar-refractivity contribution in [1.29, 1.82) is 0 Å². The molecule has 10 heteroatoms. The summed E-state index contributed by atoms with van der Waals surface area (Å²) in [5, 5.41) is 4.74. The number of aromatic nitrogens is 2. The van der Waals surface area contributed by atoms with Gasteiger partial charge in [-0.2, -0.15) is 4.37 Å². The number of hydrogen-bond donors (Lipinski definition) is 3. The van der Waals surface area contributed by atoms with Gasteiger partial charge in [0.25, 0.3) is 5.91 Å². The monoisotopic (exact) mass is 490 g/mol. The number of amides is 1. The van der Waals surface area contributed by atoms with Gasteiger partial charge >= 0.3 is 0 Å². The van der Waals surface area contributed by atoms with Crippen LogP contribution in [-0.2, 0) is 11.2 Å². The van der Waals surface area contributed by atoms with E-state index in [2.05, 4.69) is 14.7 Å². The Morgan fingerprint density at radius 3 is 2.57 bits per heavy atom. The van der Waals surface area contributed by atoms with E-state index in [1.54, 1.807) is 18.5 Å². The third kappa shape index (κ3) is 5.51. The number of aryl methyl sites for hydroxylation is 1. The van der Waals surface area contributed by atoms with Gasteiger partial charge in [-0.15, -0.1) is 0 Å². The summed E-state index contributed by atoms with van der Waals surface area (Å²) in [7, 11) is 0. The van der Waals surface area contributed by atoms with Gasteiger partial charge in [0.2, 0.25) is 0 Å². The molecule has 5 N–H and O–H groups in total. The molecule has 0 saturated carbocycles. The highest BCUT2D eigenvalue weighted by molar-refractivity contribution is 7.10. The van der Waals surface area contributed by atoms with E-state index in [9.17, 15) is 14.0 Å². The number of nitrogens with zero attached hydrogens (tertiary/aromatic N) is 3. The van der Waals surface area contributed by atoms with E-state index in [1.165, 1.54) is 17.6 Å². The molecule has 0 saturated heterocycles. The van der Waals surface area contributed by atoms with Crippen LogP contribution in [0.4, 0.5) is 20.8 Å². The molecular formula is C25H23FN6O2S. The molecule has 178 valence electrons. The molecule has 4 rings (SSSR count). The van der Waals surface area contributed by atoms with Crippen molar-refractivity contribution in [2.75, 3.05) is 10.3 Å². The summed E-state index contributed by atoms with van der Waals surface area (Å²) in [6.07, 6.45) is 4.39. The van der Waals surface area contributed by atoms with Gasteiger partial charge in [0.15, 0.2) is 0 Å². The third-order valence-electron chi connectivity index (χ3n) is 5.42. The molecule has 1 atom stereocenters. The van der Waals surface area contributed by atoms with Crippen molar-refractivity contribution in [2.24, 2.45) is 11.6 Å². The smallest absolute Gasteiger partial charge is 0.250 e. The zero-order chi connectivity index (χ0) is 24.9.